The van der Waals surface area contributed by atoms with E-state index in [9.17, 15) is 14.7 Å². The average Bonchev–Trinajstić information content (AvgIpc) is 3.17. The number of carbonyl (C=O) groups excluding carboxylic acids is 1. The smallest absolute Gasteiger partial charge is 0.308 e. The molecule has 1 amide bonds. The number of fused-ring (bicyclic) bond motifs is 1. The number of hydrogen-bond donors (Lipinski definition) is 2. The molecule has 1 aromatic heterocycles. The van der Waals surface area contributed by atoms with Crippen LogP contribution in [-0.4, -0.2) is 39.5 Å². The third kappa shape index (κ3) is 4.36. The molecule has 0 radical (unpaired) electrons. The van der Waals surface area contributed by atoms with Crippen molar-refractivity contribution in [3.05, 3.63) is 71.4 Å². The van der Waals surface area contributed by atoms with Gasteiger partial charge < -0.3 is 20.5 Å². The van der Waals surface area contributed by atoms with Crippen molar-refractivity contribution in [2.24, 2.45) is 11.7 Å². The van der Waals surface area contributed by atoms with Crippen LogP contribution >= 0.6 is 0 Å². The zero-order valence-corrected chi connectivity index (χ0v) is 19.9. The van der Waals surface area contributed by atoms with Crippen molar-refractivity contribution in [2.45, 2.75) is 57.2 Å². The van der Waals surface area contributed by atoms with Crippen molar-refractivity contribution in [3.63, 3.8) is 0 Å². The van der Waals surface area contributed by atoms with E-state index in [4.69, 9.17) is 10.5 Å². The van der Waals surface area contributed by atoms with Crippen LogP contribution in [0.15, 0.2) is 54.6 Å². The summed E-state index contributed by atoms with van der Waals surface area (Å²) >= 11 is 0. The number of ether oxygens (including phenoxy) is 1. The Bertz CT molecular complexity index is 1260. The Kier molecular flexibility index (Phi) is 6.19. The molecule has 1 saturated heterocycles. The van der Waals surface area contributed by atoms with Gasteiger partial charge in [0, 0.05) is 29.2 Å². The second-order valence-corrected chi connectivity index (χ2v) is 9.77. The van der Waals surface area contributed by atoms with Crippen LogP contribution in [0.2, 0.25) is 0 Å². The summed E-state index contributed by atoms with van der Waals surface area (Å²) in [4.78, 5) is 31.5. The van der Waals surface area contributed by atoms with Crippen LogP contribution in [0, 0.1) is 12.8 Å². The van der Waals surface area contributed by atoms with Gasteiger partial charge >= 0.3 is 5.97 Å². The number of likely N-dealkylation sites (tertiary alicyclic amines) is 1. The van der Waals surface area contributed by atoms with Crippen molar-refractivity contribution in [1.82, 2.24) is 9.88 Å². The zero-order chi connectivity index (χ0) is 24.6. The molecule has 7 heteroatoms. The second-order valence-electron chi connectivity index (χ2n) is 9.77. The van der Waals surface area contributed by atoms with Gasteiger partial charge in [-0.1, -0.05) is 43.2 Å². The third-order valence-corrected chi connectivity index (χ3v) is 7.53. The van der Waals surface area contributed by atoms with Crippen molar-refractivity contribution in [3.8, 4) is 5.75 Å². The number of carbonyl (C=O) groups is 2. The molecule has 182 valence electrons. The SMILES string of the molecule is Cc1cc(COc2ccc(C3(N)CCN([C@@H]4CCCC[C@H]4C(=O)O)C3=O)cc2)c2ccccc2n1. The van der Waals surface area contributed by atoms with E-state index in [1.54, 1.807) is 4.90 Å². The molecule has 3 N–H and O–H groups in total. The maximum atomic E-state index is 13.4. The van der Waals surface area contributed by atoms with Crippen molar-refractivity contribution in [1.29, 1.82) is 0 Å². The van der Waals surface area contributed by atoms with E-state index >= 15 is 0 Å². The number of hydrogen-bond acceptors (Lipinski definition) is 5. The van der Waals surface area contributed by atoms with Crippen LogP contribution in [0.5, 0.6) is 5.75 Å². The molecular formula is C28H31N3O4. The van der Waals surface area contributed by atoms with Gasteiger partial charge in [-0.2, -0.15) is 0 Å². The summed E-state index contributed by atoms with van der Waals surface area (Å²) in [7, 11) is 0. The number of pyridine rings is 1. The minimum atomic E-state index is -1.14. The molecule has 1 aliphatic heterocycles. The number of nitrogens with zero attached hydrogens (tertiary/aromatic N) is 2. The van der Waals surface area contributed by atoms with Crippen LogP contribution in [0.1, 0.15) is 48.9 Å². The van der Waals surface area contributed by atoms with Gasteiger partial charge in [0.1, 0.15) is 17.9 Å². The maximum Gasteiger partial charge on any atom is 0.308 e. The third-order valence-electron chi connectivity index (χ3n) is 7.53. The fourth-order valence-corrected chi connectivity index (χ4v) is 5.64. The lowest BCUT2D eigenvalue weighted by atomic mass is 9.83. The number of amides is 1. The Balaban J connectivity index is 1.30. The lowest BCUT2D eigenvalue weighted by Crippen LogP contribution is -2.51. The number of aryl methyl sites for hydroxylation is 1. The lowest BCUT2D eigenvalue weighted by Gasteiger charge is -2.36. The van der Waals surface area contributed by atoms with Gasteiger partial charge in [0.15, 0.2) is 0 Å². The molecule has 2 fully saturated rings. The first-order valence-electron chi connectivity index (χ1n) is 12.3. The Hall–Kier alpha value is -3.45. The second kappa shape index (κ2) is 9.30. The van der Waals surface area contributed by atoms with Gasteiger partial charge in [-0.3, -0.25) is 14.6 Å². The first-order chi connectivity index (χ1) is 16.9. The molecule has 3 aromatic rings. The highest BCUT2D eigenvalue weighted by molar-refractivity contribution is 5.90. The molecule has 2 aromatic carbocycles. The highest BCUT2D eigenvalue weighted by atomic mass is 16.5. The molecule has 3 atom stereocenters. The summed E-state index contributed by atoms with van der Waals surface area (Å²) in [5.41, 5.74) is 9.18. The Morgan fingerprint density at radius 1 is 1.17 bits per heavy atom. The first kappa shape index (κ1) is 23.3. The summed E-state index contributed by atoms with van der Waals surface area (Å²) in [5, 5.41) is 10.7. The predicted octanol–water partition coefficient (Wildman–Crippen LogP) is 4.15. The monoisotopic (exact) mass is 473 g/mol. The van der Waals surface area contributed by atoms with Crippen LogP contribution in [0.3, 0.4) is 0 Å². The molecule has 7 nitrogen and oxygen atoms in total. The molecule has 1 aliphatic carbocycles. The number of carboxylic acids is 1. The van der Waals surface area contributed by atoms with Gasteiger partial charge in [-0.05, 0) is 56.0 Å². The highest BCUT2D eigenvalue weighted by Crippen LogP contribution is 2.38. The normalized spacial score (nSPS) is 24.6. The number of aromatic nitrogens is 1. The Morgan fingerprint density at radius 2 is 1.91 bits per heavy atom. The van der Waals surface area contributed by atoms with E-state index in [-0.39, 0.29) is 11.9 Å². The van der Waals surface area contributed by atoms with Crippen molar-refractivity contribution >= 4 is 22.8 Å². The topological polar surface area (TPSA) is 106 Å². The molecule has 0 spiro atoms. The number of rotatable bonds is 6. The minimum Gasteiger partial charge on any atom is -0.489 e. The van der Waals surface area contributed by atoms with Crippen molar-refractivity contribution in [2.75, 3.05) is 6.54 Å². The molecule has 35 heavy (non-hydrogen) atoms. The molecule has 2 aliphatic rings. The molecule has 5 rings (SSSR count). The molecule has 2 heterocycles. The molecule has 0 bridgehead atoms. The Morgan fingerprint density at radius 3 is 2.69 bits per heavy atom. The number of nitrogens with two attached hydrogens (primary N) is 1. The van der Waals surface area contributed by atoms with Crippen LogP contribution in [0.4, 0.5) is 0 Å². The zero-order valence-electron chi connectivity index (χ0n) is 19.9. The number of benzene rings is 2. The van der Waals surface area contributed by atoms with Crippen LogP contribution in [0.25, 0.3) is 10.9 Å². The molecule has 1 saturated carbocycles. The van der Waals surface area contributed by atoms with Gasteiger partial charge in [0.2, 0.25) is 5.91 Å². The highest BCUT2D eigenvalue weighted by Gasteiger charge is 2.49. The van der Waals surface area contributed by atoms with Crippen LogP contribution in [-0.2, 0) is 21.7 Å². The summed E-state index contributed by atoms with van der Waals surface area (Å²) in [5.74, 6) is -0.825. The maximum absolute atomic E-state index is 13.4. The summed E-state index contributed by atoms with van der Waals surface area (Å²) < 4.78 is 6.06. The number of aliphatic carboxylic acids is 1. The van der Waals surface area contributed by atoms with Gasteiger partial charge in [-0.15, -0.1) is 0 Å². The van der Waals surface area contributed by atoms with E-state index in [0.29, 0.717) is 38.2 Å². The fraction of sp³-hybridized carbons (Fsp3) is 0.393. The molecule has 1 unspecified atom stereocenters. The number of carboxylic acid groups (broad SMARTS) is 1. The quantitative estimate of drug-likeness (QED) is 0.557. The summed E-state index contributed by atoms with van der Waals surface area (Å²) in [6.45, 7) is 2.86. The first-order valence-corrected chi connectivity index (χ1v) is 12.3. The number of para-hydroxylation sites is 1. The Labute approximate surface area is 204 Å². The van der Waals surface area contributed by atoms with Gasteiger partial charge in [0.25, 0.3) is 0 Å². The standard InChI is InChI=1S/C28H31N3O4/c1-18-16-19(22-6-2-4-8-24(22)30-18)17-35-21-12-10-20(11-13-21)28(29)14-15-31(27(28)34)25-9-5-3-7-23(25)26(32)33/h2,4,6,8,10-13,16,23,25H,3,5,7,9,14-15,17,29H2,1H3,(H,32,33)/t23-,25-,28?/m1/s1. The minimum absolute atomic E-state index is 0.178. The van der Waals surface area contributed by atoms with Crippen LogP contribution < -0.4 is 10.5 Å². The summed E-state index contributed by atoms with van der Waals surface area (Å²) in [6.07, 6.45) is 3.62. The molecular weight excluding hydrogens is 442 g/mol. The van der Waals surface area contributed by atoms with Gasteiger partial charge in [-0.25, -0.2) is 0 Å². The average molecular weight is 474 g/mol. The fourth-order valence-electron chi connectivity index (χ4n) is 5.64. The lowest BCUT2D eigenvalue weighted by molar-refractivity contribution is -0.148. The van der Waals surface area contributed by atoms with E-state index in [1.807, 2.05) is 61.5 Å². The summed E-state index contributed by atoms with van der Waals surface area (Å²) in [6, 6.07) is 17.1. The van der Waals surface area contributed by atoms with E-state index in [1.165, 1.54) is 0 Å². The van der Waals surface area contributed by atoms with Gasteiger partial charge in [0.05, 0.1) is 11.4 Å². The van der Waals surface area contributed by atoms with E-state index < -0.39 is 17.4 Å². The van der Waals surface area contributed by atoms with Crippen molar-refractivity contribution < 1.29 is 19.4 Å². The van der Waals surface area contributed by atoms with E-state index in [0.717, 1.165) is 40.6 Å². The predicted molar refractivity (Wildman–Crippen MR) is 133 cm³/mol. The van der Waals surface area contributed by atoms with E-state index in [2.05, 4.69) is 4.98 Å². The largest absolute Gasteiger partial charge is 0.489 e.